The number of amides is 1. The molecular weight excluding hydrogens is 286 g/mol. The standard InChI is InChI=1S/C15H17N3O2S/c19-15(17-10-5-2-6-11-17)20-18-12-9-16-14(18)21-13-7-3-1-4-8-13/h1,3-4,7-9,12H,2,5-6,10-11H2. The number of nitrogens with zero attached hydrogens (tertiary/aromatic N) is 3. The molecule has 1 aliphatic heterocycles. The summed E-state index contributed by atoms with van der Waals surface area (Å²) in [4.78, 5) is 24.6. The summed E-state index contributed by atoms with van der Waals surface area (Å²) in [6.07, 6.45) is 6.27. The van der Waals surface area contributed by atoms with Crippen molar-refractivity contribution in [1.29, 1.82) is 0 Å². The molecule has 5 nitrogen and oxygen atoms in total. The third-order valence-corrected chi connectivity index (χ3v) is 4.29. The van der Waals surface area contributed by atoms with Crippen LogP contribution in [0.2, 0.25) is 0 Å². The van der Waals surface area contributed by atoms with E-state index in [4.69, 9.17) is 4.84 Å². The summed E-state index contributed by atoms with van der Waals surface area (Å²) in [5.41, 5.74) is 0. The highest BCUT2D eigenvalue weighted by molar-refractivity contribution is 7.99. The van der Waals surface area contributed by atoms with Gasteiger partial charge in [-0.15, -0.1) is 0 Å². The van der Waals surface area contributed by atoms with Crippen LogP contribution in [0.4, 0.5) is 4.79 Å². The third-order valence-electron chi connectivity index (χ3n) is 3.32. The van der Waals surface area contributed by atoms with Gasteiger partial charge < -0.3 is 9.74 Å². The van der Waals surface area contributed by atoms with Crippen molar-refractivity contribution in [2.75, 3.05) is 13.1 Å². The van der Waals surface area contributed by atoms with Crippen molar-refractivity contribution in [3.63, 3.8) is 0 Å². The Bertz CT molecular complexity index is 594. The second kappa shape index (κ2) is 6.67. The largest absolute Gasteiger partial charge is 0.434 e. The minimum absolute atomic E-state index is 0.303. The molecule has 2 aromatic rings. The van der Waals surface area contributed by atoms with Crippen LogP contribution in [0.3, 0.4) is 0 Å². The van der Waals surface area contributed by atoms with Crippen molar-refractivity contribution in [3.05, 3.63) is 42.7 Å². The minimum Gasteiger partial charge on any atom is -0.315 e. The zero-order valence-electron chi connectivity index (χ0n) is 11.6. The van der Waals surface area contributed by atoms with E-state index < -0.39 is 0 Å². The fraction of sp³-hybridized carbons (Fsp3) is 0.333. The summed E-state index contributed by atoms with van der Waals surface area (Å²) in [6, 6.07) is 9.89. The van der Waals surface area contributed by atoms with Crippen LogP contribution < -0.4 is 4.84 Å². The molecule has 0 saturated carbocycles. The van der Waals surface area contributed by atoms with Gasteiger partial charge in [0.05, 0.1) is 6.20 Å². The zero-order chi connectivity index (χ0) is 14.5. The second-order valence-electron chi connectivity index (χ2n) is 4.86. The van der Waals surface area contributed by atoms with Crippen LogP contribution in [-0.2, 0) is 0 Å². The van der Waals surface area contributed by atoms with Crippen molar-refractivity contribution in [2.24, 2.45) is 0 Å². The van der Waals surface area contributed by atoms with E-state index in [2.05, 4.69) is 4.98 Å². The summed E-state index contributed by atoms with van der Waals surface area (Å²) in [6.45, 7) is 1.55. The normalized spacial score (nSPS) is 15.0. The molecule has 1 aliphatic rings. The van der Waals surface area contributed by atoms with Crippen LogP contribution in [0, 0.1) is 0 Å². The highest BCUT2D eigenvalue weighted by Crippen LogP contribution is 2.25. The van der Waals surface area contributed by atoms with Crippen molar-refractivity contribution < 1.29 is 9.63 Å². The molecule has 21 heavy (non-hydrogen) atoms. The Morgan fingerprint density at radius 3 is 2.67 bits per heavy atom. The molecule has 0 unspecified atom stereocenters. The average Bonchev–Trinajstić information content (AvgIpc) is 2.96. The van der Waals surface area contributed by atoms with E-state index >= 15 is 0 Å². The Kier molecular flexibility index (Phi) is 4.45. The molecule has 0 N–H and O–H groups in total. The minimum atomic E-state index is -0.303. The zero-order valence-corrected chi connectivity index (χ0v) is 12.5. The third kappa shape index (κ3) is 3.58. The molecule has 6 heteroatoms. The van der Waals surface area contributed by atoms with E-state index in [1.807, 2.05) is 30.3 Å². The summed E-state index contributed by atoms with van der Waals surface area (Å²) < 4.78 is 1.44. The van der Waals surface area contributed by atoms with E-state index in [0.29, 0.717) is 5.16 Å². The maximum absolute atomic E-state index is 12.1. The van der Waals surface area contributed by atoms with Crippen LogP contribution in [0.25, 0.3) is 0 Å². The number of rotatable bonds is 3. The number of likely N-dealkylation sites (tertiary alicyclic amines) is 1. The van der Waals surface area contributed by atoms with Gasteiger partial charge in [-0.25, -0.2) is 9.78 Å². The molecule has 1 amide bonds. The number of hydrogen-bond acceptors (Lipinski definition) is 4. The first-order valence-corrected chi connectivity index (χ1v) is 7.88. The highest BCUT2D eigenvalue weighted by atomic mass is 32.2. The van der Waals surface area contributed by atoms with E-state index in [1.54, 1.807) is 17.3 Å². The van der Waals surface area contributed by atoms with Crippen LogP contribution >= 0.6 is 11.8 Å². The fourth-order valence-electron chi connectivity index (χ4n) is 2.23. The molecule has 3 rings (SSSR count). The molecule has 0 spiro atoms. The lowest BCUT2D eigenvalue weighted by Gasteiger charge is -2.25. The van der Waals surface area contributed by atoms with Crippen LogP contribution in [0.1, 0.15) is 19.3 Å². The molecule has 0 bridgehead atoms. The Balaban J connectivity index is 1.66. The van der Waals surface area contributed by atoms with E-state index in [-0.39, 0.29) is 6.09 Å². The Hall–Kier alpha value is -1.95. The maximum atomic E-state index is 12.1. The molecule has 2 heterocycles. The first kappa shape index (κ1) is 14.0. The van der Waals surface area contributed by atoms with Crippen molar-refractivity contribution in [1.82, 2.24) is 14.6 Å². The first-order chi connectivity index (χ1) is 10.3. The van der Waals surface area contributed by atoms with Gasteiger partial charge in [-0.1, -0.05) is 18.2 Å². The lowest BCUT2D eigenvalue weighted by Crippen LogP contribution is -2.40. The lowest BCUT2D eigenvalue weighted by molar-refractivity contribution is 0.0772. The van der Waals surface area contributed by atoms with Crippen LogP contribution in [0.15, 0.2) is 52.8 Å². The SMILES string of the molecule is O=C(On1ccnc1Sc1ccccc1)N1CCCCC1. The predicted molar refractivity (Wildman–Crippen MR) is 80.2 cm³/mol. The lowest BCUT2D eigenvalue weighted by atomic mass is 10.1. The number of piperidine rings is 1. The van der Waals surface area contributed by atoms with Crippen LogP contribution in [-0.4, -0.2) is 33.8 Å². The Morgan fingerprint density at radius 2 is 1.90 bits per heavy atom. The van der Waals surface area contributed by atoms with Gasteiger partial charge in [0.15, 0.2) is 0 Å². The van der Waals surface area contributed by atoms with Gasteiger partial charge in [-0.3, -0.25) is 0 Å². The van der Waals surface area contributed by atoms with Gasteiger partial charge >= 0.3 is 6.09 Å². The van der Waals surface area contributed by atoms with E-state index in [9.17, 15) is 4.79 Å². The summed E-state index contributed by atoms with van der Waals surface area (Å²) in [5, 5.41) is 0.645. The van der Waals surface area contributed by atoms with Crippen molar-refractivity contribution in [2.45, 2.75) is 29.3 Å². The fourth-order valence-corrected chi connectivity index (χ4v) is 3.04. The van der Waals surface area contributed by atoms with Crippen LogP contribution in [0.5, 0.6) is 0 Å². The number of benzene rings is 1. The van der Waals surface area contributed by atoms with Gasteiger partial charge in [0.25, 0.3) is 0 Å². The van der Waals surface area contributed by atoms with Crippen molar-refractivity contribution in [3.8, 4) is 0 Å². The first-order valence-electron chi connectivity index (χ1n) is 7.06. The van der Waals surface area contributed by atoms with Gasteiger partial charge in [0, 0.05) is 24.2 Å². The average molecular weight is 303 g/mol. The molecular formula is C15H17N3O2S. The molecule has 1 aromatic heterocycles. The predicted octanol–water partition coefficient (Wildman–Crippen LogP) is 3.07. The van der Waals surface area contributed by atoms with Gasteiger partial charge in [-0.05, 0) is 43.2 Å². The Labute approximate surface area is 127 Å². The maximum Gasteiger partial charge on any atom is 0.434 e. The van der Waals surface area contributed by atoms with E-state index in [0.717, 1.165) is 30.8 Å². The molecule has 110 valence electrons. The number of carbonyl (C=O) groups is 1. The Morgan fingerprint density at radius 1 is 1.14 bits per heavy atom. The number of imidazole rings is 1. The van der Waals surface area contributed by atoms with Crippen molar-refractivity contribution >= 4 is 17.9 Å². The van der Waals surface area contributed by atoms with Gasteiger partial charge in [0.2, 0.25) is 5.16 Å². The second-order valence-corrected chi connectivity index (χ2v) is 5.90. The summed E-state index contributed by atoms with van der Waals surface area (Å²) >= 11 is 1.47. The quantitative estimate of drug-likeness (QED) is 0.874. The van der Waals surface area contributed by atoms with Gasteiger partial charge in [0.1, 0.15) is 0 Å². The molecule has 0 atom stereocenters. The smallest absolute Gasteiger partial charge is 0.315 e. The molecule has 1 fully saturated rings. The van der Waals surface area contributed by atoms with Gasteiger partial charge in [-0.2, -0.15) is 4.73 Å². The molecule has 1 aromatic carbocycles. The molecule has 0 radical (unpaired) electrons. The van der Waals surface area contributed by atoms with E-state index in [1.165, 1.54) is 22.9 Å². The number of hydrogen-bond donors (Lipinski definition) is 0. The monoisotopic (exact) mass is 303 g/mol. The summed E-state index contributed by atoms with van der Waals surface area (Å²) in [5.74, 6) is 0. The highest BCUT2D eigenvalue weighted by Gasteiger charge is 2.19. The number of carbonyl (C=O) groups excluding carboxylic acids is 1. The number of aromatic nitrogens is 2. The summed E-state index contributed by atoms with van der Waals surface area (Å²) in [7, 11) is 0. The topological polar surface area (TPSA) is 47.4 Å². The molecule has 0 aliphatic carbocycles. The molecule has 1 saturated heterocycles.